The smallest absolute Gasteiger partial charge is 0.236 e. The van der Waals surface area contributed by atoms with Gasteiger partial charge in [0.15, 0.2) is 0 Å². The first-order valence-electron chi connectivity index (χ1n) is 6.80. The third-order valence-corrected chi connectivity index (χ3v) is 3.01. The van der Waals surface area contributed by atoms with Gasteiger partial charge in [0.25, 0.3) is 0 Å². The minimum atomic E-state index is -0.213. The fraction of sp³-hybridized carbons (Fsp3) is 0.333. The predicted molar refractivity (Wildman–Crippen MR) is 78.5 cm³/mol. The zero-order valence-electron chi connectivity index (χ0n) is 11.8. The van der Waals surface area contributed by atoms with Crippen LogP contribution in [-0.2, 0) is 11.3 Å². The van der Waals surface area contributed by atoms with Gasteiger partial charge in [-0.25, -0.2) is 4.68 Å². The molecule has 1 aromatic heterocycles. The van der Waals surface area contributed by atoms with Crippen LogP contribution in [0.25, 0.3) is 5.69 Å². The highest BCUT2D eigenvalue weighted by atomic mass is 16.2. The van der Waals surface area contributed by atoms with Gasteiger partial charge in [-0.3, -0.25) is 4.79 Å². The van der Waals surface area contributed by atoms with Crippen molar-refractivity contribution in [1.29, 1.82) is 0 Å². The molecule has 0 bridgehead atoms. The lowest BCUT2D eigenvalue weighted by Gasteiger charge is -2.12. The van der Waals surface area contributed by atoms with Crippen LogP contribution in [0, 0.1) is 0 Å². The van der Waals surface area contributed by atoms with Crippen LogP contribution < -0.4 is 10.6 Å². The number of para-hydroxylation sites is 1. The van der Waals surface area contributed by atoms with Gasteiger partial charge in [-0.1, -0.05) is 18.2 Å². The first-order valence-corrected chi connectivity index (χ1v) is 6.80. The molecule has 2 aromatic rings. The molecule has 5 heteroatoms. The van der Waals surface area contributed by atoms with Gasteiger partial charge in [0.05, 0.1) is 17.9 Å². The van der Waals surface area contributed by atoms with Crippen molar-refractivity contribution in [2.45, 2.75) is 26.4 Å². The second-order valence-corrected chi connectivity index (χ2v) is 4.63. The van der Waals surface area contributed by atoms with Crippen molar-refractivity contribution in [3.63, 3.8) is 0 Å². The Balaban J connectivity index is 1.92. The summed E-state index contributed by atoms with van der Waals surface area (Å²) in [4.78, 5) is 11.6. The maximum absolute atomic E-state index is 11.6. The van der Waals surface area contributed by atoms with E-state index in [1.54, 1.807) is 0 Å². The summed E-state index contributed by atoms with van der Waals surface area (Å²) in [5, 5.41) is 10.3. The number of nitrogens with zero attached hydrogens (tertiary/aromatic N) is 2. The van der Waals surface area contributed by atoms with E-state index in [1.807, 2.05) is 61.3 Å². The minimum Gasteiger partial charge on any atom is -0.355 e. The largest absolute Gasteiger partial charge is 0.355 e. The molecule has 2 rings (SSSR count). The Kier molecular flexibility index (Phi) is 4.90. The van der Waals surface area contributed by atoms with E-state index in [2.05, 4.69) is 15.7 Å². The lowest BCUT2D eigenvalue weighted by Crippen LogP contribution is -2.41. The predicted octanol–water partition coefficient (Wildman–Crippen LogP) is 1.49. The molecular weight excluding hydrogens is 252 g/mol. The normalized spacial score (nSPS) is 12.1. The second-order valence-electron chi connectivity index (χ2n) is 4.63. The Morgan fingerprint density at radius 1 is 1.35 bits per heavy atom. The van der Waals surface area contributed by atoms with Crippen LogP contribution in [0.5, 0.6) is 0 Å². The van der Waals surface area contributed by atoms with Gasteiger partial charge in [0.1, 0.15) is 0 Å². The molecule has 106 valence electrons. The third-order valence-electron chi connectivity index (χ3n) is 3.01. The lowest BCUT2D eigenvalue weighted by molar-refractivity contribution is -0.122. The third kappa shape index (κ3) is 3.68. The van der Waals surface area contributed by atoms with Crippen LogP contribution in [0.1, 0.15) is 19.4 Å². The summed E-state index contributed by atoms with van der Waals surface area (Å²) in [5.41, 5.74) is 2.07. The molecule has 0 spiro atoms. The first kappa shape index (κ1) is 14.3. The molecule has 0 aliphatic heterocycles. The molecule has 0 fully saturated rings. The fourth-order valence-electron chi connectivity index (χ4n) is 1.86. The van der Waals surface area contributed by atoms with E-state index in [0.29, 0.717) is 13.1 Å². The van der Waals surface area contributed by atoms with E-state index >= 15 is 0 Å². The van der Waals surface area contributed by atoms with Crippen LogP contribution in [-0.4, -0.2) is 28.3 Å². The Morgan fingerprint density at radius 3 is 2.80 bits per heavy atom. The maximum Gasteiger partial charge on any atom is 0.236 e. The van der Waals surface area contributed by atoms with Crippen molar-refractivity contribution >= 4 is 5.91 Å². The summed E-state index contributed by atoms with van der Waals surface area (Å²) in [6.07, 6.45) is 3.78. The molecule has 1 atom stereocenters. The Labute approximate surface area is 119 Å². The number of carbonyl (C=O) groups is 1. The topological polar surface area (TPSA) is 59.0 Å². The summed E-state index contributed by atoms with van der Waals surface area (Å²) in [5.74, 6) is 0.0166. The number of amides is 1. The van der Waals surface area contributed by atoms with Crippen LogP contribution >= 0.6 is 0 Å². The Hall–Kier alpha value is -2.14. The van der Waals surface area contributed by atoms with Gasteiger partial charge < -0.3 is 10.6 Å². The molecule has 1 amide bonds. The molecule has 0 saturated carbocycles. The summed E-state index contributed by atoms with van der Waals surface area (Å²) in [7, 11) is 0. The van der Waals surface area contributed by atoms with E-state index < -0.39 is 0 Å². The molecule has 0 aliphatic rings. The van der Waals surface area contributed by atoms with Crippen molar-refractivity contribution in [2.75, 3.05) is 6.54 Å². The lowest BCUT2D eigenvalue weighted by atomic mass is 10.2. The van der Waals surface area contributed by atoms with Crippen LogP contribution in [0.3, 0.4) is 0 Å². The quantitative estimate of drug-likeness (QED) is 0.837. The Morgan fingerprint density at radius 2 is 2.10 bits per heavy atom. The number of aromatic nitrogens is 2. The van der Waals surface area contributed by atoms with E-state index in [9.17, 15) is 4.79 Å². The molecular formula is C15H20N4O. The number of nitrogens with one attached hydrogen (secondary N) is 2. The molecule has 0 saturated heterocycles. The molecule has 20 heavy (non-hydrogen) atoms. The number of rotatable bonds is 6. The van der Waals surface area contributed by atoms with E-state index in [4.69, 9.17) is 0 Å². The van der Waals surface area contributed by atoms with Gasteiger partial charge in [-0.15, -0.1) is 0 Å². The summed E-state index contributed by atoms with van der Waals surface area (Å²) >= 11 is 0. The number of benzene rings is 1. The highest BCUT2D eigenvalue weighted by Crippen LogP contribution is 2.07. The number of hydrogen-bond donors (Lipinski definition) is 2. The highest BCUT2D eigenvalue weighted by molar-refractivity contribution is 5.81. The zero-order chi connectivity index (χ0) is 14.4. The SMILES string of the molecule is CCNC(=O)C(C)NCc1cnn(-c2ccccc2)c1. The molecule has 0 radical (unpaired) electrons. The van der Waals surface area contributed by atoms with Crippen molar-refractivity contribution in [3.8, 4) is 5.69 Å². The zero-order valence-corrected chi connectivity index (χ0v) is 11.8. The Bertz CT molecular complexity index is 550. The van der Waals surface area contributed by atoms with Crippen molar-refractivity contribution in [3.05, 3.63) is 48.3 Å². The first-order chi connectivity index (χ1) is 9.70. The molecule has 0 aliphatic carbocycles. The van der Waals surface area contributed by atoms with E-state index in [1.165, 1.54) is 0 Å². The summed E-state index contributed by atoms with van der Waals surface area (Å²) in [6.45, 7) is 5.03. The van der Waals surface area contributed by atoms with Crippen LogP contribution in [0.2, 0.25) is 0 Å². The van der Waals surface area contributed by atoms with Gasteiger partial charge in [-0.2, -0.15) is 5.10 Å². The minimum absolute atomic E-state index is 0.0166. The molecule has 5 nitrogen and oxygen atoms in total. The number of likely N-dealkylation sites (N-methyl/N-ethyl adjacent to an activating group) is 1. The van der Waals surface area contributed by atoms with E-state index in [0.717, 1.165) is 11.3 Å². The summed E-state index contributed by atoms with van der Waals surface area (Å²) in [6, 6.07) is 9.72. The number of carbonyl (C=O) groups excluding carboxylic acids is 1. The molecule has 1 aromatic carbocycles. The summed E-state index contributed by atoms with van der Waals surface area (Å²) < 4.78 is 1.83. The average Bonchev–Trinajstić information content (AvgIpc) is 2.95. The van der Waals surface area contributed by atoms with Gasteiger partial charge in [0.2, 0.25) is 5.91 Å². The average molecular weight is 272 g/mol. The van der Waals surface area contributed by atoms with Crippen molar-refractivity contribution in [1.82, 2.24) is 20.4 Å². The second kappa shape index (κ2) is 6.86. The maximum atomic E-state index is 11.6. The number of hydrogen-bond acceptors (Lipinski definition) is 3. The van der Waals surface area contributed by atoms with Crippen LogP contribution in [0.15, 0.2) is 42.7 Å². The monoisotopic (exact) mass is 272 g/mol. The molecule has 1 heterocycles. The standard InChI is InChI=1S/C15H20N4O/c1-3-16-15(20)12(2)17-9-13-10-18-19(11-13)14-7-5-4-6-8-14/h4-8,10-12,17H,3,9H2,1-2H3,(H,16,20). The van der Waals surface area contributed by atoms with Crippen molar-refractivity contribution in [2.24, 2.45) is 0 Å². The van der Waals surface area contributed by atoms with Gasteiger partial charge in [-0.05, 0) is 26.0 Å². The molecule has 2 N–H and O–H groups in total. The highest BCUT2D eigenvalue weighted by Gasteiger charge is 2.11. The fourth-order valence-corrected chi connectivity index (χ4v) is 1.86. The van der Waals surface area contributed by atoms with E-state index in [-0.39, 0.29) is 11.9 Å². The van der Waals surface area contributed by atoms with Gasteiger partial charge >= 0.3 is 0 Å². The van der Waals surface area contributed by atoms with Crippen LogP contribution in [0.4, 0.5) is 0 Å². The van der Waals surface area contributed by atoms with Gasteiger partial charge in [0, 0.05) is 24.8 Å². The molecule has 1 unspecified atom stereocenters. The van der Waals surface area contributed by atoms with Crippen molar-refractivity contribution < 1.29 is 4.79 Å².